The van der Waals surface area contributed by atoms with Gasteiger partial charge in [-0.3, -0.25) is 4.72 Å². The minimum atomic E-state index is -0.104. The van der Waals surface area contributed by atoms with Crippen molar-refractivity contribution in [3.05, 3.63) is 59.2 Å². The number of aliphatic hydroxyl groups excluding tert-OH is 1. The number of aromatic amines is 1. The van der Waals surface area contributed by atoms with E-state index < -0.39 is 0 Å². The number of hydrogen-bond donors (Lipinski definition) is 3. The van der Waals surface area contributed by atoms with Crippen LogP contribution < -0.4 is 9.46 Å². The Morgan fingerprint density at radius 3 is 2.75 bits per heavy atom. The predicted molar refractivity (Wildman–Crippen MR) is 134 cm³/mol. The van der Waals surface area contributed by atoms with E-state index in [1.165, 1.54) is 15.8 Å². The predicted octanol–water partition coefficient (Wildman–Crippen LogP) is 5.28. The molecule has 2 aromatic carbocycles. The van der Waals surface area contributed by atoms with E-state index in [1.54, 1.807) is 11.9 Å². The van der Waals surface area contributed by atoms with E-state index in [9.17, 15) is 5.11 Å². The average Bonchev–Trinajstić information content (AvgIpc) is 3.20. The first-order valence-electron chi connectivity index (χ1n) is 11.5. The van der Waals surface area contributed by atoms with Gasteiger partial charge in [0.25, 0.3) is 0 Å². The molecule has 0 aliphatic carbocycles. The maximum absolute atomic E-state index is 9.57. The van der Waals surface area contributed by atoms with Gasteiger partial charge in [0.1, 0.15) is 5.75 Å². The summed E-state index contributed by atoms with van der Waals surface area (Å²) in [6.07, 6.45) is 6.85. The summed E-state index contributed by atoms with van der Waals surface area (Å²) < 4.78 is 9.33. The Bertz CT molecular complexity index is 971. The van der Waals surface area contributed by atoms with Gasteiger partial charge in [-0.1, -0.05) is 11.6 Å². The largest absolute Gasteiger partial charge is 0.494 e. The van der Waals surface area contributed by atoms with E-state index >= 15 is 0 Å². The molecule has 1 fully saturated rings. The molecule has 0 unspecified atom stereocenters. The molecule has 4 rings (SSSR count). The van der Waals surface area contributed by atoms with Crippen molar-refractivity contribution in [2.45, 2.75) is 43.1 Å². The molecule has 0 spiro atoms. The van der Waals surface area contributed by atoms with E-state index in [1.807, 2.05) is 30.3 Å². The number of H-pyrrole nitrogens is 1. The van der Waals surface area contributed by atoms with E-state index in [0.717, 1.165) is 81.2 Å². The van der Waals surface area contributed by atoms with Crippen molar-refractivity contribution in [2.24, 2.45) is 0 Å². The number of fused-ring (bicyclic) bond motifs is 1. The summed E-state index contributed by atoms with van der Waals surface area (Å²) in [6, 6.07) is 14.3. The normalized spacial score (nSPS) is 15.4. The molecule has 0 atom stereocenters. The maximum atomic E-state index is 9.57. The van der Waals surface area contributed by atoms with Crippen LogP contribution in [-0.2, 0) is 6.42 Å². The van der Waals surface area contributed by atoms with Crippen LogP contribution in [0.1, 0.15) is 31.2 Å². The molecule has 3 N–H and O–H groups in total. The Labute approximate surface area is 199 Å². The molecule has 32 heavy (non-hydrogen) atoms. The van der Waals surface area contributed by atoms with Crippen LogP contribution in [0, 0.1) is 0 Å². The summed E-state index contributed by atoms with van der Waals surface area (Å²) in [5.74, 6) is 0.918. The number of piperidine rings is 1. The standard InChI is InChI=1S/C25H32ClN3O2S/c26-20-4-9-25-24(17-20)19(18-27-25)3-1-12-28-32-23-7-5-22(6-8-23)31-16-2-13-29-14-10-21(30)11-15-29/h4-9,17-18,21,27-28,30H,1-3,10-16H2. The molecule has 0 radical (unpaired) electrons. The third-order valence-electron chi connectivity index (χ3n) is 5.91. The van der Waals surface area contributed by atoms with Crippen molar-refractivity contribution in [3.63, 3.8) is 0 Å². The summed E-state index contributed by atoms with van der Waals surface area (Å²) in [5.41, 5.74) is 2.45. The van der Waals surface area contributed by atoms with Crippen molar-refractivity contribution < 1.29 is 9.84 Å². The second kappa shape index (κ2) is 12.0. The van der Waals surface area contributed by atoms with Crippen LogP contribution in [-0.4, -0.2) is 53.9 Å². The number of rotatable bonds is 11. The summed E-state index contributed by atoms with van der Waals surface area (Å²) in [4.78, 5) is 6.91. The topological polar surface area (TPSA) is 60.5 Å². The molecule has 1 aliphatic heterocycles. The molecule has 0 saturated carbocycles. The van der Waals surface area contributed by atoms with Gasteiger partial charge in [0.05, 0.1) is 12.7 Å². The number of nitrogens with zero attached hydrogens (tertiary/aromatic N) is 1. The zero-order valence-corrected chi connectivity index (χ0v) is 19.9. The Hall–Kier alpha value is -1.70. The summed E-state index contributed by atoms with van der Waals surface area (Å²) in [7, 11) is 0. The number of aryl methyl sites for hydroxylation is 1. The van der Waals surface area contributed by atoms with Gasteiger partial charge in [0, 0.05) is 53.2 Å². The van der Waals surface area contributed by atoms with Crippen LogP contribution in [0.5, 0.6) is 5.75 Å². The lowest BCUT2D eigenvalue weighted by molar-refractivity contribution is 0.0800. The van der Waals surface area contributed by atoms with Gasteiger partial charge in [0.2, 0.25) is 0 Å². The quantitative estimate of drug-likeness (QED) is 0.261. The van der Waals surface area contributed by atoms with Crippen LogP contribution >= 0.6 is 23.5 Å². The lowest BCUT2D eigenvalue weighted by atomic mass is 10.1. The third-order valence-corrected chi connectivity index (χ3v) is 7.00. The summed E-state index contributed by atoms with van der Waals surface area (Å²) in [6.45, 7) is 4.69. The number of likely N-dealkylation sites (tertiary alicyclic amines) is 1. The molecule has 1 saturated heterocycles. The van der Waals surface area contributed by atoms with E-state index in [-0.39, 0.29) is 6.10 Å². The first kappa shape index (κ1) is 23.5. The number of benzene rings is 2. The fourth-order valence-electron chi connectivity index (χ4n) is 4.07. The molecule has 0 amide bonds. The van der Waals surface area contributed by atoms with Gasteiger partial charge in [-0.2, -0.15) is 0 Å². The first-order valence-corrected chi connectivity index (χ1v) is 12.7. The van der Waals surface area contributed by atoms with Gasteiger partial charge in [-0.25, -0.2) is 0 Å². The summed E-state index contributed by atoms with van der Waals surface area (Å²) >= 11 is 7.79. The second-order valence-corrected chi connectivity index (χ2v) is 9.75. The Morgan fingerprint density at radius 2 is 1.94 bits per heavy atom. The zero-order valence-electron chi connectivity index (χ0n) is 18.4. The van der Waals surface area contributed by atoms with E-state index in [0.29, 0.717) is 0 Å². The van der Waals surface area contributed by atoms with E-state index in [4.69, 9.17) is 16.3 Å². The maximum Gasteiger partial charge on any atom is 0.119 e. The second-order valence-electron chi connectivity index (χ2n) is 8.35. The van der Waals surface area contributed by atoms with Crippen molar-refractivity contribution in [1.82, 2.24) is 14.6 Å². The Morgan fingerprint density at radius 1 is 1.12 bits per heavy atom. The minimum absolute atomic E-state index is 0.104. The number of hydrogen-bond acceptors (Lipinski definition) is 5. The van der Waals surface area contributed by atoms with Crippen LogP contribution in [0.2, 0.25) is 5.02 Å². The fraction of sp³-hybridized carbons (Fsp3) is 0.440. The zero-order chi connectivity index (χ0) is 22.2. The smallest absolute Gasteiger partial charge is 0.119 e. The molecule has 0 bridgehead atoms. The average molecular weight is 474 g/mol. The highest BCUT2D eigenvalue weighted by Gasteiger charge is 2.16. The van der Waals surface area contributed by atoms with E-state index in [2.05, 4.69) is 32.9 Å². The van der Waals surface area contributed by atoms with Crippen LogP contribution in [0.25, 0.3) is 10.9 Å². The molecule has 2 heterocycles. The molecule has 5 nitrogen and oxygen atoms in total. The minimum Gasteiger partial charge on any atom is -0.494 e. The Balaban J connectivity index is 1.10. The fourth-order valence-corrected chi connectivity index (χ4v) is 4.93. The highest BCUT2D eigenvalue weighted by atomic mass is 35.5. The molecule has 172 valence electrons. The first-order chi connectivity index (χ1) is 15.7. The number of nitrogens with one attached hydrogen (secondary N) is 2. The Kier molecular flexibility index (Phi) is 8.77. The van der Waals surface area contributed by atoms with Crippen molar-refractivity contribution in [1.29, 1.82) is 0 Å². The number of halogens is 1. The van der Waals surface area contributed by atoms with Gasteiger partial charge in [-0.05, 0) is 92.1 Å². The highest BCUT2D eigenvalue weighted by Crippen LogP contribution is 2.24. The molecule has 1 aromatic heterocycles. The molecule has 7 heteroatoms. The monoisotopic (exact) mass is 473 g/mol. The van der Waals surface area contributed by atoms with Crippen LogP contribution in [0.4, 0.5) is 0 Å². The number of ether oxygens (including phenoxy) is 1. The number of aromatic nitrogens is 1. The third kappa shape index (κ3) is 6.90. The number of aliphatic hydroxyl groups is 1. The van der Waals surface area contributed by atoms with Crippen LogP contribution in [0.15, 0.2) is 53.6 Å². The SMILES string of the molecule is OC1CCN(CCCOc2ccc(SNCCCc3c[nH]c4ccc(Cl)cc34)cc2)CC1. The van der Waals surface area contributed by atoms with Gasteiger partial charge in [0.15, 0.2) is 0 Å². The molecule has 1 aliphatic rings. The van der Waals surface area contributed by atoms with Crippen LogP contribution in [0.3, 0.4) is 0 Å². The van der Waals surface area contributed by atoms with Gasteiger partial charge >= 0.3 is 0 Å². The van der Waals surface area contributed by atoms with Crippen molar-refractivity contribution in [2.75, 3.05) is 32.8 Å². The summed E-state index contributed by atoms with van der Waals surface area (Å²) in [5, 5.41) is 11.6. The lowest BCUT2D eigenvalue weighted by Gasteiger charge is -2.29. The van der Waals surface area contributed by atoms with Crippen molar-refractivity contribution >= 4 is 34.5 Å². The molecule has 3 aromatic rings. The highest BCUT2D eigenvalue weighted by molar-refractivity contribution is 7.97. The van der Waals surface area contributed by atoms with Gasteiger partial charge < -0.3 is 19.7 Å². The molecular formula is C25H32ClN3O2S. The van der Waals surface area contributed by atoms with Crippen molar-refractivity contribution in [3.8, 4) is 5.75 Å². The lowest BCUT2D eigenvalue weighted by Crippen LogP contribution is -2.36. The molecular weight excluding hydrogens is 442 g/mol. The van der Waals surface area contributed by atoms with Gasteiger partial charge in [-0.15, -0.1) is 0 Å².